The molecule has 8 nitrogen and oxygen atoms in total. The molecule has 1 aromatic heterocycles. The van der Waals surface area contributed by atoms with Crippen LogP contribution in [0.4, 0.5) is 16.2 Å². The molecule has 0 aliphatic rings. The Bertz CT molecular complexity index is 1270. The summed E-state index contributed by atoms with van der Waals surface area (Å²) in [5.41, 5.74) is 2.29. The summed E-state index contributed by atoms with van der Waals surface area (Å²) >= 11 is 3.51. The van der Waals surface area contributed by atoms with Crippen LogP contribution >= 0.6 is 15.9 Å². The van der Waals surface area contributed by atoms with E-state index < -0.39 is 16.1 Å². The Morgan fingerprint density at radius 1 is 1.19 bits per heavy atom. The number of sulfonamides is 1. The molecule has 0 radical (unpaired) electrons. The number of rotatable bonds is 7. The van der Waals surface area contributed by atoms with E-state index >= 15 is 0 Å². The van der Waals surface area contributed by atoms with E-state index in [-0.39, 0.29) is 11.4 Å². The maximum absolute atomic E-state index is 12.7. The van der Waals surface area contributed by atoms with Crippen molar-refractivity contribution in [1.82, 2.24) is 4.57 Å². The second-order valence-corrected chi connectivity index (χ2v) is 10.5. The van der Waals surface area contributed by atoms with Crippen LogP contribution in [-0.4, -0.2) is 32.4 Å². The minimum atomic E-state index is -3.56. The molecule has 0 aliphatic heterocycles. The fraction of sp³-hybridized carbons (Fsp3) is 0.318. The number of anilines is 2. The van der Waals surface area contributed by atoms with Crippen LogP contribution in [0.15, 0.2) is 40.9 Å². The van der Waals surface area contributed by atoms with E-state index in [1.165, 1.54) is 7.11 Å². The van der Waals surface area contributed by atoms with Gasteiger partial charge in [-0.3, -0.25) is 10.0 Å². The second kappa shape index (κ2) is 9.41. The van der Waals surface area contributed by atoms with Crippen molar-refractivity contribution in [3.05, 3.63) is 46.4 Å². The fourth-order valence-corrected chi connectivity index (χ4v) is 4.74. The van der Waals surface area contributed by atoms with Crippen molar-refractivity contribution in [2.45, 2.75) is 20.3 Å². The van der Waals surface area contributed by atoms with Crippen LogP contribution < -0.4 is 19.5 Å². The van der Waals surface area contributed by atoms with Gasteiger partial charge < -0.3 is 14.0 Å². The Balaban J connectivity index is 1.94. The van der Waals surface area contributed by atoms with Crippen LogP contribution in [0.5, 0.6) is 11.6 Å². The molecule has 1 heterocycles. The predicted molar refractivity (Wildman–Crippen MR) is 130 cm³/mol. The number of ether oxygens (including phenoxy) is 2. The fourth-order valence-electron chi connectivity index (χ4n) is 3.54. The van der Waals surface area contributed by atoms with Crippen molar-refractivity contribution >= 4 is 54.3 Å². The highest BCUT2D eigenvalue weighted by atomic mass is 79.9. The molecule has 10 heteroatoms. The third-order valence-electron chi connectivity index (χ3n) is 4.69. The molecule has 172 valence electrons. The highest BCUT2D eigenvalue weighted by Gasteiger charge is 2.19. The van der Waals surface area contributed by atoms with E-state index in [4.69, 9.17) is 9.47 Å². The number of carbonyl (C=O) groups is 1. The van der Waals surface area contributed by atoms with Gasteiger partial charge in [-0.2, -0.15) is 0 Å². The number of benzene rings is 2. The van der Waals surface area contributed by atoms with Crippen LogP contribution in [0, 0.1) is 5.92 Å². The van der Waals surface area contributed by atoms with Crippen LogP contribution in [-0.2, 0) is 23.5 Å². The number of methoxy groups -OCH3 is 1. The smallest absolute Gasteiger partial charge is 0.418 e. The number of nitrogens with one attached hydrogen (secondary N) is 2. The minimum absolute atomic E-state index is 0.194. The standard InChI is InChI=1S/C22H26BrN3O5S/c1-13(2)9-14-10-17(21(30-4)18(11-14)25-32(5,28)29)24-22(27)31-19-12-15-7-6-8-16(23)20(15)26(19)3/h6-8,10-13,25H,9H2,1-5H3,(H,24,27). The number of hydrogen-bond donors (Lipinski definition) is 2. The molecule has 0 aliphatic carbocycles. The van der Waals surface area contributed by atoms with E-state index in [9.17, 15) is 13.2 Å². The normalized spacial score (nSPS) is 11.6. The van der Waals surface area contributed by atoms with Crippen LogP contribution in [0.25, 0.3) is 10.9 Å². The lowest BCUT2D eigenvalue weighted by molar-refractivity contribution is 0.212. The molecular formula is C22H26BrN3O5S. The van der Waals surface area contributed by atoms with E-state index in [1.54, 1.807) is 29.8 Å². The van der Waals surface area contributed by atoms with Crippen molar-refractivity contribution in [3.8, 4) is 11.6 Å². The molecule has 0 spiro atoms. The molecule has 2 N–H and O–H groups in total. The third kappa shape index (κ3) is 5.55. The van der Waals surface area contributed by atoms with Crippen molar-refractivity contribution in [2.75, 3.05) is 23.4 Å². The first-order chi connectivity index (χ1) is 15.0. The zero-order chi connectivity index (χ0) is 23.6. The van der Waals surface area contributed by atoms with E-state index in [1.807, 2.05) is 32.0 Å². The molecule has 0 unspecified atom stereocenters. The average molecular weight is 524 g/mol. The molecule has 0 saturated carbocycles. The largest absolute Gasteiger partial charge is 0.492 e. The highest BCUT2D eigenvalue weighted by Crippen LogP contribution is 2.37. The molecule has 0 atom stereocenters. The van der Waals surface area contributed by atoms with Gasteiger partial charge in [-0.05, 0) is 52.0 Å². The highest BCUT2D eigenvalue weighted by molar-refractivity contribution is 9.10. The number of para-hydroxylation sites is 1. The van der Waals surface area contributed by atoms with Crippen molar-refractivity contribution in [3.63, 3.8) is 0 Å². The van der Waals surface area contributed by atoms with E-state index in [0.717, 1.165) is 27.2 Å². The number of fused-ring (bicyclic) bond motifs is 1. The van der Waals surface area contributed by atoms with Gasteiger partial charge in [0, 0.05) is 23.0 Å². The SMILES string of the molecule is COc1c(NC(=O)Oc2cc3cccc(Br)c3n2C)cc(CC(C)C)cc1NS(C)(=O)=O. The Hall–Kier alpha value is -2.72. The number of halogens is 1. The number of nitrogens with zero attached hydrogens (tertiary/aromatic N) is 1. The van der Waals surface area contributed by atoms with E-state index in [2.05, 4.69) is 26.0 Å². The van der Waals surface area contributed by atoms with Gasteiger partial charge in [0.15, 0.2) is 5.75 Å². The monoisotopic (exact) mass is 523 g/mol. The Morgan fingerprint density at radius 2 is 1.88 bits per heavy atom. The summed E-state index contributed by atoms with van der Waals surface area (Å²) in [5.74, 6) is 0.874. The summed E-state index contributed by atoms with van der Waals surface area (Å²) < 4.78 is 39.7. The molecule has 1 amide bonds. The van der Waals surface area contributed by atoms with Gasteiger partial charge in [-0.1, -0.05) is 26.0 Å². The zero-order valence-corrected chi connectivity index (χ0v) is 20.9. The summed E-state index contributed by atoms with van der Waals surface area (Å²) in [6, 6.07) is 11.0. The molecule has 0 fully saturated rings. The van der Waals surface area contributed by atoms with Crippen molar-refractivity contribution in [1.29, 1.82) is 0 Å². The summed E-state index contributed by atoms with van der Waals surface area (Å²) in [7, 11) is -0.350. The molecule has 3 rings (SSSR count). The molecule has 3 aromatic rings. The number of amides is 1. The molecule has 32 heavy (non-hydrogen) atoms. The lowest BCUT2D eigenvalue weighted by atomic mass is 10.0. The number of carbonyl (C=O) groups excluding carboxylic acids is 1. The summed E-state index contributed by atoms with van der Waals surface area (Å²) in [6.07, 6.45) is 1.02. The average Bonchev–Trinajstić information content (AvgIpc) is 2.96. The van der Waals surface area contributed by atoms with Crippen LogP contribution in [0.1, 0.15) is 19.4 Å². The summed E-state index contributed by atoms with van der Waals surface area (Å²) in [6.45, 7) is 4.10. The topological polar surface area (TPSA) is 98.7 Å². The molecule has 0 saturated heterocycles. The lowest BCUT2D eigenvalue weighted by Crippen LogP contribution is -2.19. The van der Waals surface area contributed by atoms with Gasteiger partial charge in [0.05, 0.1) is 30.3 Å². The van der Waals surface area contributed by atoms with Gasteiger partial charge in [-0.25, -0.2) is 13.2 Å². The maximum atomic E-state index is 12.7. The molecule has 0 bridgehead atoms. The van der Waals surface area contributed by atoms with Crippen molar-refractivity contribution in [2.24, 2.45) is 13.0 Å². The third-order valence-corrected chi connectivity index (χ3v) is 5.92. The molecule has 2 aromatic carbocycles. The van der Waals surface area contributed by atoms with Gasteiger partial charge >= 0.3 is 6.09 Å². The first kappa shape index (κ1) is 23.9. The predicted octanol–water partition coefficient (Wildman–Crippen LogP) is 5.13. The van der Waals surface area contributed by atoms with Crippen LogP contribution in [0.2, 0.25) is 0 Å². The number of aryl methyl sites for hydroxylation is 1. The Kier molecular flexibility index (Phi) is 7.04. The van der Waals surface area contributed by atoms with Crippen molar-refractivity contribution < 1.29 is 22.7 Å². The zero-order valence-electron chi connectivity index (χ0n) is 18.5. The quantitative estimate of drug-likeness (QED) is 0.447. The first-order valence-electron chi connectivity index (χ1n) is 9.90. The summed E-state index contributed by atoms with van der Waals surface area (Å²) in [4.78, 5) is 12.7. The van der Waals surface area contributed by atoms with Gasteiger partial charge in [0.1, 0.15) is 0 Å². The van der Waals surface area contributed by atoms with Crippen LogP contribution in [0.3, 0.4) is 0 Å². The first-order valence-corrected chi connectivity index (χ1v) is 12.6. The van der Waals surface area contributed by atoms with Gasteiger partial charge in [-0.15, -0.1) is 0 Å². The lowest BCUT2D eigenvalue weighted by Gasteiger charge is -2.18. The maximum Gasteiger partial charge on any atom is 0.418 e. The summed E-state index contributed by atoms with van der Waals surface area (Å²) in [5, 5.41) is 3.61. The van der Waals surface area contributed by atoms with Gasteiger partial charge in [0.25, 0.3) is 0 Å². The number of hydrogen-bond acceptors (Lipinski definition) is 5. The van der Waals surface area contributed by atoms with E-state index in [0.29, 0.717) is 23.9 Å². The Labute approximate surface area is 196 Å². The second-order valence-electron chi connectivity index (χ2n) is 7.93. The van der Waals surface area contributed by atoms with Gasteiger partial charge in [0.2, 0.25) is 15.9 Å². The number of aromatic nitrogens is 1. The Morgan fingerprint density at radius 3 is 2.47 bits per heavy atom. The minimum Gasteiger partial charge on any atom is -0.492 e. The molecular weight excluding hydrogens is 498 g/mol.